The van der Waals surface area contributed by atoms with Gasteiger partial charge in [0.05, 0.1) is 27.8 Å². The van der Waals surface area contributed by atoms with Crippen molar-refractivity contribution in [1.29, 1.82) is 0 Å². The summed E-state index contributed by atoms with van der Waals surface area (Å²) in [6.07, 6.45) is 6.72. The van der Waals surface area contributed by atoms with Crippen LogP contribution in [0.3, 0.4) is 0 Å². The molecule has 5 aromatic carbocycles. The number of rotatable bonds is 8. The summed E-state index contributed by atoms with van der Waals surface area (Å²) < 4.78 is 32.6. The number of amides is 4. The second-order valence-electron chi connectivity index (χ2n) is 17.2. The summed E-state index contributed by atoms with van der Waals surface area (Å²) in [6, 6.07) is 39.7. The van der Waals surface area contributed by atoms with Crippen LogP contribution in [0.5, 0.6) is 0 Å². The van der Waals surface area contributed by atoms with E-state index in [9.17, 15) is 28.0 Å². The zero-order valence-corrected chi connectivity index (χ0v) is 40.4. The SMILES string of the molecule is Cc1ccc(F)c(-c2nn3cccnc3c2C(=O)N[C@H]2N=C(c3ccccc3)c3cccc(F)c3NC2=O)c1.O=C(N[C@H]1N=C(c2ccccc2)c2ccccc2NC1=O)c1c(-c2cncc(Cl)c2)nn2cccnc12. The fourth-order valence-corrected chi connectivity index (χ4v) is 8.91. The summed E-state index contributed by atoms with van der Waals surface area (Å²) in [5.41, 5.74) is 6.46. The van der Waals surface area contributed by atoms with Crippen LogP contribution in [0.2, 0.25) is 5.02 Å². The quantitative estimate of drug-likeness (QED) is 0.115. The molecule has 2 aliphatic heterocycles. The van der Waals surface area contributed by atoms with E-state index < -0.39 is 47.6 Å². The van der Waals surface area contributed by atoms with Gasteiger partial charge in [-0.3, -0.25) is 24.2 Å². The molecule has 0 fully saturated rings. The number of benzene rings is 5. The molecule has 372 valence electrons. The molecule has 2 aliphatic rings. The van der Waals surface area contributed by atoms with Gasteiger partial charge in [-0.1, -0.05) is 114 Å². The lowest BCUT2D eigenvalue weighted by Gasteiger charge is -2.14. The third kappa shape index (κ3) is 9.40. The first-order valence-corrected chi connectivity index (χ1v) is 23.8. The van der Waals surface area contributed by atoms with Gasteiger partial charge in [0.1, 0.15) is 34.1 Å². The summed E-state index contributed by atoms with van der Waals surface area (Å²) in [4.78, 5) is 76.0. The Morgan fingerprint density at radius 2 is 1.14 bits per heavy atom. The minimum absolute atomic E-state index is 0.0303. The first-order valence-electron chi connectivity index (χ1n) is 23.4. The predicted octanol–water partition coefficient (Wildman–Crippen LogP) is 8.52. The van der Waals surface area contributed by atoms with Gasteiger partial charge < -0.3 is 21.3 Å². The number of carbonyl (C=O) groups is 4. The number of benzodiazepines with no additional fused rings is 2. The molecule has 0 radical (unpaired) electrons. The highest BCUT2D eigenvalue weighted by Crippen LogP contribution is 2.32. The van der Waals surface area contributed by atoms with Crippen LogP contribution in [0.15, 0.2) is 187 Å². The number of hydrogen-bond acceptors (Lipinski definition) is 11. The zero-order valence-electron chi connectivity index (χ0n) is 39.7. The van der Waals surface area contributed by atoms with Crippen LogP contribution in [0.25, 0.3) is 33.8 Å². The Hall–Kier alpha value is -10.1. The second-order valence-corrected chi connectivity index (χ2v) is 17.7. The number of carbonyl (C=O) groups excluding carboxylic acids is 4. The molecule has 4 amide bonds. The summed E-state index contributed by atoms with van der Waals surface area (Å²) in [6.45, 7) is 1.79. The van der Waals surface area contributed by atoms with E-state index in [2.05, 4.69) is 51.4 Å². The van der Waals surface area contributed by atoms with Gasteiger partial charge in [-0.05, 0) is 49.4 Å². The van der Waals surface area contributed by atoms with Gasteiger partial charge in [0, 0.05) is 70.6 Å². The van der Waals surface area contributed by atoms with Crippen molar-refractivity contribution in [2.24, 2.45) is 9.98 Å². The number of aryl methyl sites for hydroxylation is 1. The Balaban J connectivity index is 0.000000162. The first-order chi connectivity index (χ1) is 37.0. The van der Waals surface area contributed by atoms with E-state index in [1.807, 2.05) is 54.6 Å². The van der Waals surface area contributed by atoms with Crippen molar-refractivity contribution in [1.82, 2.24) is 44.8 Å². The van der Waals surface area contributed by atoms with Crippen LogP contribution in [0, 0.1) is 18.6 Å². The maximum Gasteiger partial charge on any atom is 0.269 e. The predicted molar refractivity (Wildman–Crippen MR) is 281 cm³/mol. The molecule has 0 saturated carbocycles. The standard InChI is InChI=1S/C29H20F2N6O2.C27H18ClN7O2/c1-16-11-12-20(30)19(15-16)25-22(27-32-13-6-14-37(27)36-25)28(38)35-26-29(39)34-24-18(9-5-10-21(24)31)23(33-26)17-7-3-2-4-8-17;28-18-13-17(14-29-15-18)23-21(25-30-11-6-12-35(25)34-23)26(36)33-24-27(37)31-20-10-5-4-9-19(20)22(32-24)16-7-2-1-3-8-16/h2-15,26H,1H3,(H,34,39)(H,35,38);1-15,24H,(H,31,37)(H,33,36)/t26-;24-/m11/s1. The number of fused-ring (bicyclic) bond motifs is 4. The van der Waals surface area contributed by atoms with Crippen molar-refractivity contribution in [3.8, 4) is 22.5 Å². The van der Waals surface area contributed by atoms with Gasteiger partial charge in [0.15, 0.2) is 11.3 Å². The normalized spacial score (nSPS) is 14.8. The minimum atomic E-state index is -1.44. The number of para-hydroxylation sites is 2. The number of pyridine rings is 1. The molecule has 76 heavy (non-hydrogen) atoms. The third-order valence-electron chi connectivity index (χ3n) is 12.2. The summed E-state index contributed by atoms with van der Waals surface area (Å²) in [7, 11) is 0. The van der Waals surface area contributed by atoms with Crippen LogP contribution >= 0.6 is 11.6 Å². The highest BCUT2D eigenvalue weighted by molar-refractivity contribution is 6.30. The lowest BCUT2D eigenvalue weighted by Crippen LogP contribution is -2.42. The Labute approximate surface area is 435 Å². The van der Waals surface area contributed by atoms with Crippen molar-refractivity contribution in [2.75, 3.05) is 10.6 Å². The number of aromatic nitrogens is 7. The minimum Gasteiger partial charge on any atom is -0.322 e. The Morgan fingerprint density at radius 1 is 0.579 bits per heavy atom. The van der Waals surface area contributed by atoms with Crippen LogP contribution in [-0.4, -0.2) is 81.6 Å². The maximum atomic E-state index is 14.9. The Morgan fingerprint density at radius 3 is 1.79 bits per heavy atom. The topological polar surface area (TPSA) is 214 Å². The Bertz CT molecular complexity index is 4020. The highest BCUT2D eigenvalue weighted by atomic mass is 35.5. The van der Waals surface area contributed by atoms with Gasteiger partial charge in [0.2, 0.25) is 12.3 Å². The molecular formula is C56H38ClF2N13O4. The lowest BCUT2D eigenvalue weighted by atomic mass is 10.0. The monoisotopic (exact) mass is 1030 g/mol. The number of aliphatic imine (C=N–C) groups is 2. The molecule has 10 aromatic rings. The number of nitrogens with one attached hydrogen (secondary N) is 4. The Kier molecular flexibility index (Phi) is 12.9. The molecule has 17 nitrogen and oxygen atoms in total. The summed E-state index contributed by atoms with van der Waals surface area (Å²) in [5.74, 6) is -3.73. The van der Waals surface area contributed by atoms with E-state index in [1.165, 1.54) is 39.6 Å². The molecule has 7 heterocycles. The first kappa shape index (κ1) is 48.1. The number of anilines is 2. The van der Waals surface area contributed by atoms with Crippen LogP contribution in [0.4, 0.5) is 20.2 Å². The van der Waals surface area contributed by atoms with Crippen molar-refractivity contribution in [3.63, 3.8) is 0 Å². The van der Waals surface area contributed by atoms with Gasteiger partial charge in [0.25, 0.3) is 23.6 Å². The molecule has 4 N–H and O–H groups in total. The number of hydrogen-bond donors (Lipinski definition) is 4. The lowest BCUT2D eigenvalue weighted by molar-refractivity contribution is -0.118. The van der Waals surface area contributed by atoms with E-state index in [0.717, 1.165) is 16.7 Å². The molecule has 0 bridgehead atoms. The molecule has 2 atom stereocenters. The largest absolute Gasteiger partial charge is 0.322 e. The van der Waals surface area contributed by atoms with E-state index in [-0.39, 0.29) is 33.7 Å². The highest BCUT2D eigenvalue weighted by Gasteiger charge is 2.33. The molecule has 20 heteroatoms. The number of halogens is 3. The zero-order chi connectivity index (χ0) is 52.5. The summed E-state index contributed by atoms with van der Waals surface area (Å²) >= 11 is 6.15. The van der Waals surface area contributed by atoms with Gasteiger partial charge in [-0.2, -0.15) is 10.2 Å². The van der Waals surface area contributed by atoms with E-state index >= 15 is 0 Å². The van der Waals surface area contributed by atoms with Crippen molar-refractivity contribution >= 4 is 69.3 Å². The van der Waals surface area contributed by atoms with E-state index in [0.29, 0.717) is 50.2 Å². The summed E-state index contributed by atoms with van der Waals surface area (Å²) in [5, 5.41) is 20.2. The molecule has 0 saturated heterocycles. The van der Waals surface area contributed by atoms with Gasteiger partial charge in [-0.15, -0.1) is 0 Å². The average molecular weight is 1030 g/mol. The van der Waals surface area contributed by atoms with Crippen molar-refractivity contribution in [3.05, 3.63) is 232 Å². The van der Waals surface area contributed by atoms with Crippen molar-refractivity contribution < 1.29 is 28.0 Å². The molecule has 0 spiro atoms. The molecule has 0 aliphatic carbocycles. The fraction of sp³-hybridized carbons (Fsp3) is 0.0536. The second kappa shape index (κ2) is 20.4. The van der Waals surface area contributed by atoms with E-state index in [4.69, 9.17) is 16.6 Å². The van der Waals surface area contributed by atoms with Crippen LogP contribution in [0.1, 0.15) is 48.5 Å². The molecule has 12 rings (SSSR count). The fourth-order valence-electron chi connectivity index (χ4n) is 8.74. The van der Waals surface area contributed by atoms with E-state index in [1.54, 1.807) is 98.4 Å². The maximum absolute atomic E-state index is 14.9. The molecular weight excluding hydrogens is 992 g/mol. The van der Waals surface area contributed by atoms with Gasteiger partial charge in [-0.25, -0.2) is 37.8 Å². The number of nitrogens with zero attached hydrogens (tertiary/aromatic N) is 9. The van der Waals surface area contributed by atoms with Crippen LogP contribution in [-0.2, 0) is 9.59 Å². The third-order valence-corrected chi connectivity index (χ3v) is 12.4. The average Bonchev–Trinajstić information content (AvgIpc) is 4.00. The smallest absolute Gasteiger partial charge is 0.269 e. The molecule has 5 aromatic heterocycles. The van der Waals surface area contributed by atoms with Crippen LogP contribution < -0.4 is 21.3 Å². The van der Waals surface area contributed by atoms with Crippen molar-refractivity contribution in [2.45, 2.75) is 19.3 Å². The van der Waals surface area contributed by atoms with Gasteiger partial charge >= 0.3 is 0 Å². The molecule has 0 unspecified atom stereocenters.